The molecule has 0 N–H and O–H groups in total. The molecule has 0 saturated heterocycles. The van der Waals surface area contributed by atoms with Crippen LogP contribution in [0.4, 0.5) is 17.1 Å². The lowest BCUT2D eigenvalue weighted by Gasteiger charge is -2.33. The molecule has 7 aliphatic carbocycles. The number of hydrogen-bond acceptors (Lipinski definition) is 4. The Hall–Kier alpha value is -13.3. The molecule has 0 bridgehead atoms. The van der Waals surface area contributed by atoms with Gasteiger partial charge in [-0.3, -0.25) is 0 Å². The van der Waals surface area contributed by atoms with Crippen molar-refractivity contribution in [3.63, 3.8) is 0 Å². The zero-order chi connectivity index (χ0) is 76.6. The predicted molar refractivity (Wildman–Crippen MR) is 472 cm³/mol. The van der Waals surface area contributed by atoms with Gasteiger partial charge in [0.15, 0.2) is 0 Å². The zero-order valence-electron chi connectivity index (χ0n) is 65.5. The molecule has 2 spiro atoms. The largest absolute Gasteiger partial charge is 0.456 e. The summed E-state index contributed by atoms with van der Waals surface area (Å²) in [6, 6.07) is 117. The Kier molecular flexibility index (Phi) is 11.9. The maximum Gasteiger partial charge on any atom is 0.143 e. The molecule has 4 heteroatoms. The van der Waals surface area contributed by atoms with Gasteiger partial charge < -0.3 is 18.2 Å². The van der Waals surface area contributed by atoms with E-state index in [0.717, 1.165) is 72.3 Å². The Morgan fingerprint density at radius 2 is 0.565 bits per heavy atom. The molecule has 0 saturated carbocycles. The average Bonchev–Trinajstić information content (AvgIpc) is 1.48. The van der Waals surface area contributed by atoms with E-state index < -0.39 is 21.7 Å². The highest BCUT2D eigenvalue weighted by atomic mass is 16.3. The lowest BCUT2D eigenvalue weighted by molar-refractivity contribution is 0.591. The molecule has 0 radical (unpaired) electrons. The van der Waals surface area contributed by atoms with Gasteiger partial charge in [0.2, 0.25) is 0 Å². The highest BCUT2D eigenvalue weighted by molar-refractivity contribution is 6.21. The minimum absolute atomic E-state index is 0.120. The van der Waals surface area contributed by atoms with E-state index in [-0.39, 0.29) is 10.8 Å². The van der Waals surface area contributed by atoms with Gasteiger partial charge in [-0.2, -0.15) is 0 Å². The summed E-state index contributed by atoms with van der Waals surface area (Å²) < 4.78 is 20.8. The van der Waals surface area contributed by atoms with E-state index in [1.54, 1.807) is 0 Å². The fraction of sp³-hybridized carbons (Fsp3) is 0.135. The molecular formula is C111H77NO3. The van der Waals surface area contributed by atoms with Gasteiger partial charge in [0.25, 0.3) is 0 Å². The SMILES string of the molecule is CC(C)(C)c1ccccc1-c1cc2c(c3c1oc1ccccc13)-c1ccc(N(c3ccc4c(c3)C(C)(C)c3cc5c(cc3-4)C(C)(C)c3ccc4oc6ccccc6c4c3-5)c3ccc4c(c3)C3(c5ccccc5-c5ccccc53)c3cc5c(cc3-4)C3(c4ccccc4-c4ccccc43)c3ccc4oc6ccccc6c4c3-5)cc1C2(C)C. The third-order valence-electron chi connectivity index (χ3n) is 28.8. The van der Waals surface area contributed by atoms with Gasteiger partial charge in [0.1, 0.15) is 33.5 Å². The predicted octanol–water partition coefficient (Wildman–Crippen LogP) is 29.4. The Balaban J connectivity index is 0.727. The van der Waals surface area contributed by atoms with E-state index in [2.05, 4.69) is 371 Å². The Morgan fingerprint density at radius 3 is 1.14 bits per heavy atom. The van der Waals surface area contributed by atoms with Crippen LogP contribution < -0.4 is 4.90 Å². The topological polar surface area (TPSA) is 42.7 Å². The number of para-hydroxylation sites is 3. The summed E-state index contributed by atoms with van der Waals surface area (Å²) in [4.78, 5) is 2.62. The highest BCUT2D eigenvalue weighted by Gasteiger charge is 2.58. The number of fused-ring (bicyclic) bond motifs is 41. The molecule has 0 unspecified atom stereocenters. The molecule has 26 rings (SSSR count). The first-order chi connectivity index (χ1) is 55.9. The number of hydrogen-bond donors (Lipinski definition) is 0. The van der Waals surface area contributed by atoms with Crippen LogP contribution in [-0.4, -0.2) is 0 Å². The number of nitrogens with zero attached hydrogens (tertiary/aromatic N) is 1. The molecule has 544 valence electrons. The summed E-state index contributed by atoms with van der Waals surface area (Å²) in [6.07, 6.45) is 0. The Bertz CT molecular complexity index is 7660. The Morgan fingerprint density at radius 1 is 0.226 bits per heavy atom. The standard InChI is InChI=1S/C111H77NO3/c1-106(2,3)79-34-18-10-30-67(79)76-57-93-99(104-73-33-17-25-41-96(73)115-105(76)104)70-47-44-61(53-87(70)109(93,8)9)112(60-42-45-68-74-55-89-77(58-88(74)108(6,7)86(68)52-60)100-84(107(89,4)5)48-50-97-102(100)71-31-15-23-39-94(71)113-97)62-43-46-69-75-56-92-78(59-91(75)111(90(69)54-62)82-37-21-13-28-65(82)66-29-14-22-38-83(66)111)101-85(49-51-98-103(101)72-32-16-24-40-95(72)114-98)110(92)80-35-19-11-26-63(80)64-27-12-20-36-81(64)110/h10-59H,1-9H3. The van der Waals surface area contributed by atoms with Gasteiger partial charge in [0.05, 0.1) is 10.8 Å². The molecule has 3 aromatic heterocycles. The zero-order valence-corrected chi connectivity index (χ0v) is 65.5. The molecule has 4 nitrogen and oxygen atoms in total. The van der Waals surface area contributed by atoms with E-state index >= 15 is 0 Å². The van der Waals surface area contributed by atoms with E-state index in [1.807, 2.05) is 0 Å². The second kappa shape index (κ2) is 21.3. The molecule has 3 heterocycles. The lowest BCUT2D eigenvalue weighted by atomic mass is 9.68. The minimum atomic E-state index is -0.741. The van der Waals surface area contributed by atoms with E-state index in [9.17, 15) is 0 Å². The molecule has 0 fully saturated rings. The maximum atomic E-state index is 7.19. The molecule has 0 aliphatic heterocycles. The normalized spacial score (nSPS) is 15.9. The molecule has 16 aromatic carbocycles. The quantitative estimate of drug-likeness (QED) is 0.176. The average molecular weight is 1470 g/mol. The van der Waals surface area contributed by atoms with Crippen molar-refractivity contribution in [2.75, 3.05) is 4.90 Å². The van der Waals surface area contributed by atoms with E-state index in [4.69, 9.17) is 13.3 Å². The Labute approximate surface area is 667 Å². The van der Waals surface area contributed by atoms with Crippen LogP contribution in [0.1, 0.15) is 146 Å². The van der Waals surface area contributed by atoms with Crippen LogP contribution in [0.25, 0.3) is 155 Å². The van der Waals surface area contributed by atoms with Crippen molar-refractivity contribution < 1.29 is 13.3 Å². The van der Waals surface area contributed by atoms with E-state index in [1.165, 1.54) is 183 Å². The van der Waals surface area contributed by atoms with Crippen molar-refractivity contribution in [1.82, 2.24) is 0 Å². The summed E-state index contributed by atoms with van der Waals surface area (Å²) in [5, 5.41) is 6.98. The van der Waals surface area contributed by atoms with Gasteiger partial charge in [-0.25, -0.2) is 0 Å². The number of anilines is 3. The van der Waals surface area contributed by atoms with Crippen LogP contribution in [0.2, 0.25) is 0 Å². The van der Waals surface area contributed by atoms with Crippen molar-refractivity contribution in [1.29, 1.82) is 0 Å². The summed E-state index contributed by atoms with van der Waals surface area (Å²) in [5.74, 6) is 0. The molecule has 0 amide bonds. The smallest absolute Gasteiger partial charge is 0.143 e. The summed E-state index contributed by atoms with van der Waals surface area (Å²) >= 11 is 0. The van der Waals surface area contributed by atoms with Crippen LogP contribution in [0.3, 0.4) is 0 Å². The summed E-state index contributed by atoms with van der Waals surface area (Å²) in [7, 11) is 0. The van der Waals surface area contributed by atoms with Crippen LogP contribution in [0, 0.1) is 0 Å². The maximum absolute atomic E-state index is 7.19. The van der Waals surface area contributed by atoms with Gasteiger partial charge >= 0.3 is 0 Å². The van der Waals surface area contributed by atoms with Crippen LogP contribution in [0.15, 0.2) is 317 Å². The summed E-state index contributed by atoms with van der Waals surface area (Å²) in [5.41, 5.74) is 46.0. The number of benzene rings is 16. The highest BCUT2D eigenvalue weighted by Crippen LogP contribution is 2.71. The fourth-order valence-electron chi connectivity index (χ4n) is 23.8. The van der Waals surface area contributed by atoms with E-state index in [0.29, 0.717) is 0 Å². The van der Waals surface area contributed by atoms with Crippen molar-refractivity contribution in [3.05, 3.63) is 387 Å². The van der Waals surface area contributed by atoms with Gasteiger partial charge in [-0.05, 0) is 269 Å². The molecule has 7 aliphatic rings. The van der Waals surface area contributed by atoms with Crippen molar-refractivity contribution in [2.24, 2.45) is 0 Å². The van der Waals surface area contributed by atoms with Crippen LogP contribution >= 0.6 is 0 Å². The van der Waals surface area contributed by atoms with Gasteiger partial charge in [0, 0.05) is 71.2 Å². The van der Waals surface area contributed by atoms with Crippen molar-refractivity contribution >= 4 is 82.9 Å². The van der Waals surface area contributed by atoms with Crippen LogP contribution in [0.5, 0.6) is 0 Å². The molecule has 0 atom stereocenters. The second-order valence-corrected chi connectivity index (χ2v) is 36.3. The van der Waals surface area contributed by atoms with Crippen LogP contribution in [-0.2, 0) is 32.5 Å². The number of furan rings is 3. The van der Waals surface area contributed by atoms with Gasteiger partial charge in [-0.1, -0.05) is 269 Å². The first kappa shape index (κ1) is 64.3. The fourth-order valence-corrected chi connectivity index (χ4v) is 23.8. The minimum Gasteiger partial charge on any atom is -0.456 e. The molecule has 115 heavy (non-hydrogen) atoms. The second-order valence-electron chi connectivity index (χ2n) is 36.3. The first-order valence-corrected chi connectivity index (χ1v) is 40.9. The molecular weight excluding hydrogens is 1400 g/mol. The van der Waals surface area contributed by atoms with Gasteiger partial charge in [-0.15, -0.1) is 0 Å². The van der Waals surface area contributed by atoms with Crippen molar-refractivity contribution in [3.8, 4) is 89.0 Å². The van der Waals surface area contributed by atoms with Crippen molar-refractivity contribution in [2.45, 2.75) is 94.8 Å². The molecule has 19 aromatic rings. The third kappa shape index (κ3) is 7.67. The lowest BCUT2D eigenvalue weighted by Crippen LogP contribution is -2.27. The summed E-state index contributed by atoms with van der Waals surface area (Å²) in [6.45, 7) is 21.7. The first-order valence-electron chi connectivity index (χ1n) is 40.9. The third-order valence-corrected chi connectivity index (χ3v) is 28.8. The monoisotopic (exact) mass is 1470 g/mol. The number of rotatable bonds is 4.